The average Bonchev–Trinajstić information content (AvgIpc) is 1.94. The summed E-state index contributed by atoms with van der Waals surface area (Å²) < 4.78 is -3.18. The van der Waals surface area contributed by atoms with Gasteiger partial charge in [0.05, 0.1) is 5.38 Å². The van der Waals surface area contributed by atoms with Crippen LogP contribution >= 0.6 is 58.0 Å². The minimum absolute atomic E-state index is 0.0729. The zero-order valence-corrected chi connectivity index (χ0v) is 8.86. The van der Waals surface area contributed by atoms with E-state index in [1.165, 1.54) is 0 Å². The predicted molar refractivity (Wildman–Crippen MR) is 48.1 cm³/mol. The quantitative estimate of drug-likeness (QED) is 0.609. The number of ketones is 1. The SMILES string of the molecule is O=C1C(Cl)(Cl)C[C@@H](Cl)C1(Cl)Cl. The second-order valence-electron chi connectivity index (χ2n) is 2.33. The molecule has 1 aliphatic carbocycles. The molecule has 1 aliphatic rings. The van der Waals surface area contributed by atoms with Crippen LogP contribution in [0.3, 0.4) is 0 Å². The maximum absolute atomic E-state index is 11.1. The van der Waals surface area contributed by atoms with Crippen molar-refractivity contribution < 1.29 is 4.79 Å². The largest absolute Gasteiger partial charge is 0.293 e. The minimum Gasteiger partial charge on any atom is -0.293 e. The first-order valence-electron chi connectivity index (χ1n) is 2.73. The van der Waals surface area contributed by atoms with Gasteiger partial charge in [-0.1, -0.05) is 46.4 Å². The highest BCUT2D eigenvalue weighted by molar-refractivity contribution is 6.72. The van der Waals surface area contributed by atoms with Crippen molar-refractivity contribution in [3.05, 3.63) is 0 Å². The first-order valence-corrected chi connectivity index (χ1v) is 4.68. The molecule has 0 amide bonds. The van der Waals surface area contributed by atoms with Crippen molar-refractivity contribution in [1.29, 1.82) is 0 Å². The van der Waals surface area contributed by atoms with Crippen molar-refractivity contribution in [3.8, 4) is 0 Å². The molecule has 0 aromatic heterocycles. The molecule has 0 radical (unpaired) electrons. The maximum Gasteiger partial charge on any atom is 0.206 e. The first kappa shape index (κ1) is 10.2. The molecule has 0 heterocycles. The Bertz CT molecular complexity index is 199. The number of alkyl halides is 5. The third-order valence-corrected chi connectivity index (χ3v) is 3.69. The lowest BCUT2D eigenvalue weighted by atomic mass is 10.3. The molecular weight excluding hydrogens is 253 g/mol. The van der Waals surface area contributed by atoms with Crippen molar-refractivity contribution in [3.63, 3.8) is 0 Å². The highest BCUT2D eigenvalue weighted by Gasteiger charge is 2.59. The van der Waals surface area contributed by atoms with Gasteiger partial charge in [-0.3, -0.25) is 4.79 Å². The van der Waals surface area contributed by atoms with Crippen molar-refractivity contribution in [2.75, 3.05) is 0 Å². The number of hydrogen-bond acceptors (Lipinski definition) is 1. The predicted octanol–water partition coefficient (Wildman–Crippen LogP) is 2.91. The van der Waals surface area contributed by atoms with Crippen LogP contribution in [0.4, 0.5) is 0 Å². The van der Waals surface area contributed by atoms with Crippen LogP contribution in [0, 0.1) is 0 Å². The van der Waals surface area contributed by atoms with Gasteiger partial charge < -0.3 is 0 Å². The molecule has 0 unspecified atom stereocenters. The van der Waals surface area contributed by atoms with Gasteiger partial charge in [0.25, 0.3) is 0 Å². The number of carbonyl (C=O) groups excluding carboxylic acids is 1. The van der Waals surface area contributed by atoms with Crippen LogP contribution in [0.15, 0.2) is 0 Å². The van der Waals surface area contributed by atoms with E-state index in [1.54, 1.807) is 0 Å². The fourth-order valence-corrected chi connectivity index (χ4v) is 2.60. The fourth-order valence-electron chi connectivity index (χ4n) is 0.832. The Morgan fingerprint density at radius 2 is 1.73 bits per heavy atom. The summed E-state index contributed by atoms with van der Waals surface area (Å²) in [6.45, 7) is 0. The monoisotopic (exact) mass is 254 g/mol. The van der Waals surface area contributed by atoms with E-state index in [-0.39, 0.29) is 6.42 Å². The van der Waals surface area contributed by atoms with Crippen molar-refractivity contribution in [1.82, 2.24) is 0 Å². The van der Waals surface area contributed by atoms with Crippen molar-refractivity contribution in [2.45, 2.75) is 20.5 Å². The summed E-state index contributed by atoms with van der Waals surface area (Å²) >= 11 is 27.9. The van der Waals surface area contributed by atoms with Crippen LogP contribution < -0.4 is 0 Å². The molecule has 1 fully saturated rings. The summed E-state index contributed by atoms with van der Waals surface area (Å²) in [5.74, 6) is -0.642. The molecule has 0 N–H and O–H groups in total. The molecule has 1 nitrogen and oxygen atoms in total. The Balaban J connectivity index is 2.99. The number of carbonyl (C=O) groups is 1. The van der Waals surface area contributed by atoms with Gasteiger partial charge in [0.2, 0.25) is 5.78 Å². The molecular formula is C5H3Cl5O. The van der Waals surface area contributed by atoms with Crippen LogP contribution in [-0.4, -0.2) is 19.8 Å². The van der Waals surface area contributed by atoms with Gasteiger partial charge in [-0.2, -0.15) is 0 Å². The summed E-state index contributed by atoms with van der Waals surface area (Å²) in [5.41, 5.74) is 0. The van der Waals surface area contributed by atoms with Gasteiger partial charge in [0, 0.05) is 6.42 Å². The second-order valence-corrected chi connectivity index (χ2v) is 5.72. The summed E-state index contributed by atoms with van der Waals surface area (Å²) in [7, 11) is 0. The lowest BCUT2D eigenvalue weighted by Gasteiger charge is -2.13. The molecule has 11 heavy (non-hydrogen) atoms. The first-order chi connectivity index (χ1) is 4.78. The Kier molecular flexibility index (Phi) is 2.61. The highest BCUT2D eigenvalue weighted by Crippen LogP contribution is 2.50. The van der Waals surface area contributed by atoms with Crippen LogP contribution in [0.1, 0.15) is 6.42 Å². The Hall–Kier alpha value is 1.12. The van der Waals surface area contributed by atoms with Gasteiger partial charge in [0.15, 0.2) is 8.67 Å². The zero-order chi connectivity index (χ0) is 8.86. The van der Waals surface area contributed by atoms with E-state index in [0.29, 0.717) is 0 Å². The fraction of sp³-hybridized carbons (Fsp3) is 0.800. The number of hydrogen-bond donors (Lipinski definition) is 0. The van der Waals surface area contributed by atoms with Crippen LogP contribution in [-0.2, 0) is 4.79 Å². The maximum atomic E-state index is 11.1. The van der Waals surface area contributed by atoms with E-state index < -0.39 is 19.8 Å². The van der Waals surface area contributed by atoms with Crippen LogP contribution in [0.5, 0.6) is 0 Å². The molecule has 0 aromatic rings. The molecule has 1 atom stereocenters. The Labute approximate surface area is 88.9 Å². The second kappa shape index (κ2) is 2.81. The third kappa shape index (κ3) is 1.59. The van der Waals surface area contributed by atoms with E-state index in [0.717, 1.165) is 0 Å². The molecule has 0 bridgehead atoms. The van der Waals surface area contributed by atoms with E-state index in [4.69, 9.17) is 58.0 Å². The molecule has 0 saturated heterocycles. The topological polar surface area (TPSA) is 17.1 Å². The van der Waals surface area contributed by atoms with Crippen LogP contribution in [0.25, 0.3) is 0 Å². The molecule has 64 valence electrons. The highest BCUT2D eigenvalue weighted by atomic mass is 35.5. The number of rotatable bonds is 0. The van der Waals surface area contributed by atoms with Gasteiger partial charge in [-0.15, -0.1) is 11.6 Å². The zero-order valence-electron chi connectivity index (χ0n) is 5.08. The molecule has 1 saturated carbocycles. The summed E-state index contributed by atoms with van der Waals surface area (Å²) in [4.78, 5) is 11.1. The van der Waals surface area contributed by atoms with Crippen LogP contribution in [0.2, 0.25) is 0 Å². The Morgan fingerprint density at radius 3 is 1.82 bits per heavy atom. The average molecular weight is 256 g/mol. The summed E-state index contributed by atoms with van der Waals surface area (Å²) in [6, 6.07) is 0. The van der Waals surface area contributed by atoms with Gasteiger partial charge in [0.1, 0.15) is 0 Å². The minimum atomic E-state index is -1.65. The smallest absolute Gasteiger partial charge is 0.206 e. The summed E-state index contributed by atoms with van der Waals surface area (Å²) in [5, 5.41) is -0.728. The lowest BCUT2D eigenvalue weighted by molar-refractivity contribution is -0.118. The lowest BCUT2D eigenvalue weighted by Crippen LogP contribution is -2.32. The van der Waals surface area contributed by atoms with E-state index in [1.807, 2.05) is 0 Å². The number of halogens is 5. The molecule has 0 spiro atoms. The van der Waals surface area contributed by atoms with E-state index >= 15 is 0 Å². The summed E-state index contributed by atoms with van der Waals surface area (Å²) in [6.07, 6.45) is 0.0729. The van der Waals surface area contributed by atoms with E-state index in [2.05, 4.69) is 0 Å². The van der Waals surface area contributed by atoms with Gasteiger partial charge in [-0.25, -0.2) is 0 Å². The molecule has 1 rings (SSSR count). The molecule has 0 aromatic carbocycles. The van der Waals surface area contributed by atoms with Crippen molar-refractivity contribution in [2.24, 2.45) is 0 Å². The third-order valence-electron chi connectivity index (χ3n) is 1.46. The van der Waals surface area contributed by atoms with Gasteiger partial charge >= 0.3 is 0 Å². The Morgan fingerprint density at radius 1 is 1.27 bits per heavy atom. The molecule has 6 heteroatoms. The van der Waals surface area contributed by atoms with E-state index in [9.17, 15) is 4.79 Å². The standard InChI is InChI=1S/C5H3Cl5O/c6-2-1-4(7,8)3(11)5(2,9)10/h2H,1H2/t2-/m1/s1. The van der Waals surface area contributed by atoms with Crippen molar-refractivity contribution >= 4 is 63.8 Å². The van der Waals surface area contributed by atoms with Gasteiger partial charge in [-0.05, 0) is 0 Å². The molecule has 0 aliphatic heterocycles. The normalized spacial score (nSPS) is 34.3. The number of Topliss-reactive ketones (excluding diaryl/α,β-unsaturated/α-hetero) is 1.